The van der Waals surface area contributed by atoms with Crippen LogP contribution in [0.5, 0.6) is 0 Å². The van der Waals surface area contributed by atoms with Gasteiger partial charge in [-0.05, 0) is 95.8 Å². The van der Waals surface area contributed by atoms with Crippen molar-refractivity contribution < 1.29 is 27.9 Å². The van der Waals surface area contributed by atoms with Crippen LogP contribution in [0.3, 0.4) is 0 Å². The number of amides is 2. The van der Waals surface area contributed by atoms with Crippen molar-refractivity contribution in [1.82, 2.24) is 26.0 Å². The molecule has 0 radical (unpaired) electrons. The van der Waals surface area contributed by atoms with Gasteiger partial charge in [-0.1, -0.05) is 19.4 Å². The number of carboxylic acid groups (broad SMARTS) is 1. The fraction of sp³-hybridized carbons (Fsp3) is 0.808. The summed E-state index contributed by atoms with van der Waals surface area (Å²) in [6.07, 6.45) is 10.8. The summed E-state index contributed by atoms with van der Waals surface area (Å²) in [4.78, 5) is 36.9. The third-order valence-corrected chi connectivity index (χ3v) is 8.56. The van der Waals surface area contributed by atoms with Crippen LogP contribution in [0.4, 0.5) is 0 Å². The molecule has 0 saturated carbocycles. The fourth-order valence-corrected chi connectivity index (χ4v) is 6.04. The summed E-state index contributed by atoms with van der Waals surface area (Å²) in [6, 6.07) is -1.52. The first-order chi connectivity index (χ1) is 18.2. The standard InChI is InChI=1S/C26H47N5O6S/c1-2-3-4-17-38(36,37)31-23(26(34)35)18-29-24(32)19-30-25(33)22(7-5-20-9-13-27-14-10-20)8-6-21-11-15-28-16-12-21/h4,17,20-23,27-28,31H,2-3,5-16,18-19H2,1H3,(H,29,32)(H,30,33)(H,34,35). The van der Waals surface area contributed by atoms with Crippen LogP contribution in [-0.2, 0) is 24.4 Å². The molecule has 2 amide bonds. The molecule has 0 aliphatic carbocycles. The maximum Gasteiger partial charge on any atom is 0.323 e. The first kappa shape index (κ1) is 32.2. The Morgan fingerprint density at radius 2 is 1.50 bits per heavy atom. The summed E-state index contributed by atoms with van der Waals surface area (Å²) in [7, 11) is -3.95. The van der Waals surface area contributed by atoms with Gasteiger partial charge in [0.2, 0.25) is 21.8 Å². The largest absolute Gasteiger partial charge is 0.480 e. The van der Waals surface area contributed by atoms with Gasteiger partial charge in [-0.25, -0.2) is 8.42 Å². The summed E-state index contributed by atoms with van der Waals surface area (Å²) in [5, 5.41) is 22.2. The number of sulfonamides is 1. The van der Waals surface area contributed by atoms with Crippen LogP contribution in [0.25, 0.3) is 0 Å². The second kappa shape index (κ2) is 17.5. The molecule has 2 aliphatic heterocycles. The minimum atomic E-state index is -3.95. The number of piperidine rings is 2. The number of carboxylic acids is 1. The Balaban J connectivity index is 1.83. The lowest BCUT2D eigenvalue weighted by atomic mass is 9.84. The van der Waals surface area contributed by atoms with Crippen LogP contribution < -0.4 is 26.0 Å². The van der Waals surface area contributed by atoms with Gasteiger partial charge in [-0.2, -0.15) is 4.72 Å². The van der Waals surface area contributed by atoms with Crippen molar-refractivity contribution in [1.29, 1.82) is 0 Å². The van der Waals surface area contributed by atoms with Crippen molar-refractivity contribution in [2.45, 2.75) is 77.2 Å². The molecule has 6 N–H and O–H groups in total. The molecule has 218 valence electrons. The zero-order valence-corrected chi connectivity index (χ0v) is 23.5. The molecule has 38 heavy (non-hydrogen) atoms. The smallest absolute Gasteiger partial charge is 0.323 e. The van der Waals surface area contributed by atoms with E-state index in [2.05, 4.69) is 26.0 Å². The van der Waals surface area contributed by atoms with Gasteiger partial charge in [0, 0.05) is 17.9 Å². The van der Waals surface area contributed by atoms with E-state index in [9.17, 15) is 27.9 Å². The van der Waals surface area contributed by atoms with Crippen molar-refractivity contribution in [3.63, 3.8) is 0 Å². The first-order valence-corrected chi connectivity index (χ1v) is 15.6. The van der Waals surface area contributed by atoms with E-state index in [-0.39, 0.29) is 18.4 Å². The third kappa shape index (κ3) is 13.2. The van der Waals surface area contributed by atoms with Crippen molar-refractivity contribution >= 4 is 27.8 Å². The first-order valence-electron chi connectivity index (χ1n) is 14.1. The number of allylic oxidation sites excluding steroid dienone is 1. The lowest BCUT2D eigenvalue weighted by molar-refractivity contribution is -0.139. The molecule has 0 aromatic rings. The number of aliphatic carboxylic acids is 1. The quantitative estimate of drug-likeness (QED) is 0.155. The van der Waals surface area contributed by atoms with E-state index < -0.39 is 34.5 Å². The van der Waals surface area contributed by atoms with Gasteiger partial charge in [-0.3, -0.25) is 14.4 Å². The summed E-state index contributed by atoms with van der Waals surface area (Å²) >= 11 is 0. The maximum atomic E-state index is 13.0. The lowest BCUT2D eigenvalue weighted by Gasteiger charge is -2.27. The summed E-state index contributed by atoms with van der Waals surface area (Å²) in [5.41, 5.74) is 0. The number of rotatable bonds is 17. The Morgan fingerprint density at radius 1 is 0.947 bits per heavy atom. The van der Waals surface area contributed by atoms with E-state index in [1.807, 2.05) is 6.92 Å². The lowest BCUT2D eigenvalue weighted by Crippen LogP contribution is -2.49. The van der Waals surface area contributed by atoms with Crippen molar-refractivity contribution in [2.24, 2.45) is 17.8 Å². The van der Waals surface area contributed by atoms with E-state index in [0.717, 1.165) is 89.4 Å². The summed E-state index contributed by atoms with van der Waals surface area (Å²) in [5.74, 6) is -1.07. The van der Waals surface area contributed by atoms with Crippen LogP contribution in [0.1, 0.15) is 71.1 Å². The minimum absolute atomic E-state index is 0.153. The number of nitrogens with one attached hydrogen (secondary N) is 5. The Bertz CT molecular complexity index is 847. The number of carbonyl (C=O) groups is 3. The Hall–Kier alpha value is -2.02. The molecule has 2 rings (SSSR count). The average Bonchev–Trinajstić information content (AvgIpc) is 2.90. The highest BCUT2D eigenvalue weighted by Gasteiger charge is 2.25. The van der Waals surface area contributed by atoms with Gasteiger partial charge >= 0.3 is 5.97 Å². The predicted octanol–water partition coefficient (Wildman–Crippen LogP) is 1.08. The Kier molecular flexibility index (Phi) is 14.9. The normalized spacial score (nSPS) is 18.5. The minimum Gasteiger partial charge on any atom is -0.480 e. The molecular weight excluding hydrogens is 510 g/mol. The van der Waals surface area contributed by atoms with Crippen LogP contribution in [0, 0.1) is 17.8 Å². The van der Waals surface area contributed by atoms with E-state index in [1.165, 1.54) is 6.08 Å². The van der Waals surface area contributed by atoms with Gasteiger partial charge in [0.15, 0.2) is 0 Å². The molecule has 11 nitrogen and oxygen atoms in total. The van der Waals surface area contributed by atoms with Crippen LogP contribution >= 0.6 is 0 Å². The topological polar surface area (TPSA) is 166 Å². The van der Waals surface area contributed by atoms with Crippen LogP contribution in [0.15, 0.2) is 11.5 Å². The number of carbonyl (C=O) groups excluding carboxylic acids is 2. The van der Waals surface area contributed by atoms with E-state index in [1.54, 1.807) is 0 Å². The summed E-state index contributed by atoms with van der Waals surface area (Å²) < 4.78 is 26.2. The van der Waals surface area contributed by atoms with Crippen molar-refractivity contribution in [3.8, 4) is 0 Å². The molecule has 0 aromatic heterocycles. The maximum absolute atomic E-state index is 13.0. The van der Waals surface area contributed by atoms with Gasteiger partial charge in [0.25, 0.3) is 0 Å². The molecule has 2 fully saturated rings. The van der Waals surface area contributed by atoms with E-state index in [4.69, 9.17) is 0 Å². The molecule has 0 bridgehead atoms. The Labute approximate surface area is 227 Å². The van der Waals surface area contributed by atoms with Gasteiger partial charge in [0.05, 0.1) is 6.54 Å². The highest BCUT2D eigenvalue weighted by atomic mass is 32.2. The molecule has 12 heteroatoms. The SMILES string of the molecule is CCCC=CS(=O)(=O)NC(CNC(=O)CNC(=O)C(CCC1CCNCC1)CCC1CCNCC1)C(=O)O. The number of unbranched alkanes of at least 4 members (excludes halogenated alkanes) is 1. The zero-order chi connectivity index (χ0) is 27.8. The van der Waals surface area contributed by atoms with Crippen LogP contribution in [-0.4, -0.2) is 76.6 Å². The molecule has 2 aliphatic rings. The third-order valence-electron chi connectivity index (χ3n) is 7.40. The molecule has 2 heterocycles. The molecule has 0 aromatic carbocycles. The molecule has 1 atom stereocenters. The average molecular weight is 558 g/mol. The van der Waals surface area contributed by atoms with Gasteiger partial charge < -0.3 is 26.4 Å². The van der Waals surface area contributed by atoms with Gasteiger partial charge in [-0.15, -0.1) is 0 Å². The second-order valence-corrected chi connectivity index (χ2v) is 12.1. The monoisotopic (exact) mass is 557 g/mol. The molecule has 0 spiro atoms. The van der Waals surface area contributed by atoms with E-state index in [0.29, 0.717) is 18.3 Å². The van der Waals surface area contributed by atoms with Crippen LogP contribution in [0.2, 0.25) is 0 Å². The molecular formula is C26H47N5O6S. The molecule has 1 unspecified atom stereocenters. The van der Waals surface area contributed by atoms with Crippen molar-refractivity contribution in [2.75, 3.05) is 39.3 Å². The second-order valence-electron chi connectivity index (χ2n) is 10.5. The van der Waals surface area contributed by atoms with Crippen molar-refractivity contribution in [3.05, 3.63) is 11.5 Å². The summed E-state index contributed by atoms with van der Waals surface area (Å²) in [6.45, 7) is 5.23. The zero-order valence-electron chi connectivity index (χ0n) is 22.7. The highest BCUT2D eigenvalue weighted by Crippen LogP contribution is 2.26. The van der Waals surface area contributed by atoms with E-state index >= 15 is 0 Å². The Morgan fingerprint density at radius 3 is 2.00 bits per heavy atom. The number of hydrogen-bond acceptors (Lipinski definition) is 7. The number of hydrogen-bond donors (Lipinski definition) is 6. The molecule has 2 saturated heterocycles. The van der Waals surface area contributed by atoms with Gasteiger partial charge in [0.1, 0.15) is 6.04 Å². The predicted molar refractivity (Wildman–Crippen MR) is 147 cm³/mol. The fourth-order valence-electron chi connectivity index (χ4n) is 4.99. The highest BCUT2D eigenvalue weighted by molar-refractivity contribution is 7.92.